The molecule has 0 saturated heterocycles. The minimum absolute atomic E-state index is 0.0543. The molecule has 0 radical (unpaired) electrons. The molecule has 0 aliphatic heterocycles. The average molecular weight is 326 g/mol. The number of nitrogens with two attached hydrogens (primary N) is 1. The molecule has 2 atom stereocenters. The normalized spacial score (nSPS) is 13.5. The summed E-state index contributed by atoms with van der Waals surface area (Å²) in [6, 6.07) is 12.3. The summed E-state index contributed by atoms with van der Waals surface area (Å²) in [5.41, 5.74) is 6.93. The first kappa shape index (κ1) is 17.2. The number of anilines is 1. The molecule has 6 nitrogen and oxygen atoms in total. The van der Waals surface area contributed by atoms with Gasteiger partial charge >= 0.3 is 11.9 Å². The molecule has 0 spiro atoms. The number of aromatic nitrogens is 1. The van der Waals surface area contributed by atoms with Crippen molar-refractivity contribution in [1.82, 2.24) is 4.98 Å². The molecule has 0 amide bonds. The number of carboxylic acid groups (broad SMARTS) is 2. The molecule has 1 aromatic carbocycles. The van der Waals surface area contributed by atoms with Crippen LogP contribution in [0.4, 0.5) is 5.82 Å². The molecule has 2 rings (SSSR count). The second-order valence-corrected chi connectivity index (χ2v) is 5.37. The van der Waals surface area contributed by atoms with Gasteiger partial charge in [-0.2, -0.15) is 0 Å². The molecule has 1 heterocycles. The van der Waals surface area contributed by atoms with Gasteiger partial charge in [0.25, 0.3) is 0 Å². The maximum Gasteiger partial charge on any atom is 0.311 e. The first-order valence-electron chi connectivity index (χ1n) is 7.36. The standard InChI is InChI=1S/C18H18N2O4/c19-16-9-7-13(11-20-16)10-15(18(23)24)14(17(21)22)8-6-12-4-2-1-3-5-12/h1-9,11,14-15H,10H2,(H2,19,20)(H,21,22)(H,23,24). The van der Waals surface area contributed by atoms with Crippen LogP contribution in [0.25, 0.3) is 6.08 Å². The third-order valence-electron chi connectivity index (χ3n) is 3.63. The highest BCUT2D eigenvalue weighted by Gasteiger charge is 2.32. The molecule has 6 heteroatoms. The largest absolute Gasteiger partial charge is 0.481 e. The van der Waals surface area contributed by atoms with E-state index in [4.69, 9.17) is 5.73 Å². The summed E-state index contributed by atoms with van der Waals surface area (Å²) in [6.07, 6.45) is 4.56. The van der Waals surface area contributed by atoms with Crippen molar-refractivity contribution in [2.24, 2.45) is 11.8 Å². The first-order valence-corrected chi connectivity index (χ1v) is 7.36. The second-order valence-electron chi connectivity index (χ2n) is 5.37. The summed E-state index contributed by atoms with van der Waals surface area (Å²) in [5.74, 6) is -4.28. The molecule has 0 aliphatic carbocycles. The zero-order valence-electron chi connectivity index (χ0n) is 12.9. The van der Waals surface area contributed by atoms with Crippen molar-refractivity contribution in [3.63, 3.8) is 0 Å². The molecule has 0 bridgehead atoms. The number of aliphatic carboxylic acids is 2. The van der Waals surface area contributed by atoms with Gasteiger partial charge in [-0.15, -0.1) is 0 Å². The molecule has 2 aromatic rings. The lowest BCUT2D eigenvalue weighted by atomic mass is 9.86. The quantitative estimate of drug-likeness (QED) is 0.719. The summed E-state index contributed by atoms with van der Waals surface area (Å²) >= 11 is 0. The number of carbonyl (C=O) groups is 2. The fourth-order valence-corrected chi connectivity index (χ4v) is 2.35. The van der Waals surface area contributed by atoms with Gasteiger partial charge in [0, 0.05) is 6.20 Å². The number of rotatable bonds is 7. The van der Waals surface area contributed by atoms with E-state index in [9.17, 15) is 19.8 Å². The van der Waals surface area contributed by atoms with Gasteiger partial charge in [0.2, 0.25) is 0 Å². The highest BCUT2D eigenvalue weighted by Crippen LogP contribution is 2.21. The van der Waals surface area contributed by atoms with Crippen LogP contribution in [-0.4, -0.2) is 27.1 Å². The Bertz CT molecular complexity index is 726. The Morgan fingerprint density at radius 1 is 1.08 bits per heavy atom. The number of benzene rings is 1. The van der Waals surface area contributed by atoms with Gasteiger partial charge in [-0.05, 0) is 23.6 Å². The topological polar surface area (TPSA) is 114 Å². The van der Waals surface area contributed by atoms with Crippen LogP contribution in [0.2, 0.25) is 0 Å². The van der Waals surface area contributed by atoms with Crippen molar-refractivity contribution in [1.29, 1.82) is 0 Å². The number of pyridine rings is 1. The lowest BCUT2D eigenvalue weighted by Crippen LogP contribution is -2.30. The summed E-state index contributed by atoms with van der Waals surface area (Å²) in [4.78, 5) is 27.1. The van der Waals surface area contributed by atoms with E-state index in [1.165, 1.54) is 12.3 Å². The molecule has 0 fully saturated rings. The lowest BCUT2D eigenvalue weighted by Gasteiger charge is -2.17. The van der Waals surface area contributed by atoms with E-state index >= 15 is 0 Å². The maximum absolute atomic E-state index is 11.6. The highest BCUT2D eigenvalue weighted by atomic mass is 16.4. The summed E-state index contributed by atoms with van der Waals surface area (Å²) in [6.45, 7) is 0. The predicted octanol–water partition coefficient (Wildman–Crippen LogP) is 2.32. The fraction of sp³-hybridized carbons (Fsp3) is 0.167. The van der Waals surface area contributed by atoms with Gasteiger partial charge in [0.05, 0.1) is 11.8 Å². The van der Waals surface area contributed by atoms with E-state index in [0.29, 0.717) is 11.4 Å². The third-order valence-corrected chi connectivity index (χ3v) is 3.63. The van der Waals surface area contributed by atoms with Crippen LogP contribution >= 0.6 is 0 Å². The molecule has 0 saturated carbocycles. The first-order chi connectivity index (χ1) is 11.5. The smallest absolute Gasteiger partial charge is 0.311 e. The van der Waals surface area contributed by atoms with E-state index in [1.54, 1.807) is 18.2 Å². The molecule has 1 aromatic heterocycles. The van der Waals surface area contributed by atoms with Crippen LogP contribution in [0.3, 0.4) is 0 Å². The molecule has 4 N–H and O–H groups in total. The lowest BCUT2D eigenvalue weighted by molar-refractivity contribution is -0.151. The van der Waals surface area contributed by atoms with Gasteiger partial charge in [0.1, 0.15) is 5.82 Å². The third kappa shape index (κ3) is 4.67. The van der Waals surface area contributed by atoms with Crippen LogP contribution in [-0.2, 0) is 16.0 Å². The van der Waals surface area contributed by atoms with Crippen molar-refractivity contribution < 1.29 is 19.8 Å². The van der Waals surface area contributed by atoms with Crippen LogP contribution in [0, 0.1) is 11.8 Å². The number of nitrogens with zero attached hydrogens (tertiary/aromatic N) is 1. The summed E-state index contributed by atoms with van der Waals surface area (Å²) in [5, 5.41) is 18.9. The van der Waals surface area contributed by atoms with Gasteiger partial charge in [0.15, 0.2) is 0 Å². The van der Waals surface area contributed by atoms with Gasteiger partial charge in [-0.1, -0.05) is 48.6 Å². The SMILES string of the molecule is Nc1ccc(CC(C(=O)O)C(C=Cc2ccccc2)C(=O)O)cn1. The van der Waals surface area contributed by atoms with Crippen molar-refractivity contribution >= 4 is 23.8 Å². The Kier molecular flexibility index (Phi) is 5.68. The van der Waals surface area contributed by atoms with E-state index in [1.807, 2.05) is 30.3 Å². The Morgan fingerprint density at radius 3 is 2.33 bits per heavy atom. The second kappa shape index (κ2) is 7.92. The molecule has 124 valence electrons. The Hall–Kier alpha value is -3.15. The minimum atomic E-state index is -1.18. The minimum Gasteiger partial charge on any atom is -0.481 e. The Labute approximate surface area is 139 Å². The summed E-state index contributed by atoms with van der Waals surface area (Å²) in [7, 11) is 0. The van der Waals surface area contributed by atoms with E-state index in [2.05, 4.69) is 4.98 Å². The van der Waals surface area contributed by atoms with Crippen LogP contribution in [0.15, 0.2) is 54.7 Å². The van der Waals surface area contributed by atoms with E-state index in [0.717, 1.165) is 5.56 Å². The van der Waals surface area contributed by atoms with Crippen LogP contribution < -0.4 is 5.73 Å². The number of carboxylic acids is 2. The fourth-order valence-electron chi connectivity index (χ4n) is 2.35. The van der Waals surface area contributed by atoms with E-state index < -0.39 is 23.8 Å². The number of nitrogen functional groups attached to an aromatic ring is 1. The summed E-state index contributed by atoms with van der Waals surface area (Å²) < 4.78 is 0. The molecule has 0 aliphatic rings. The van der Waals surface area contributed by atoms with Crippen molar-refractivity contribution in [2.75, 3.05) is 5.73 Å². The van der Waals surface area contributed by atoms with Crippen molar-refractivity contribution in [2.45, 2.75) is 6.42 Å². The van der Waals surface area contributed by atoms with Gasteiger partial charge in [-0.25, -0.2) is 4.98 Å². The van der Waals surface area contributed by atoms with Gasteiger partial charge < -0.3 is 15.9 Å². The monoisotopic (exact) mass is 326 g/mol. The Morgan fingerprint density at radius 2 is 1.79 bits per heavy atom. The Balaban J connectivity index is 2.23. The van der Waals surface area contributed by atoms with Crippen LogP contribution in [0.1, 0.15) is 11.1 Å². The van der Waals surface area contributed by atoms with E-state index in [-0.39, 0.29) is 6.42 Å². The average Bonchev–Trinajstić information content (AvgIpc) is 2.56. The zero-order chi connectivity index (χ0) is 17.5. The zero-order valence-corrected chi connectivity index (χ0v) is 12.9. The number of hydrogen-bond donors (Lipinski definition) is 3. The number of hydrogen-bond acceptors (Lipinski definition) is 4. The maximum atomic E-state index is 11.6. The van der Waals surface area contributed by atoms with Crippen LogP contribution in [0.5, 0.6) is 0 Å². The molecular weight excluding hydrogens is 308 g/mol. The molecule has 24 heavy (non-hydrogen) atoms. The van der Waals surface area contributed by atoms with Crippen molar-refractivity contribution in [3.05, 3.63) is 65.9 Å². The predicted molar refractivity (Wildman–Crippen MR) is 90.1 cm³/mol. The van der Waals surface area contributed by atoms with Crippen molar-refractivity contribution in [3.8, 4) is 0 Å². The van der Waals surface area contributed by atoms with Gasteiger partial charge in [-0.3, -0.25) is 9.59 Å². The highest BCUT2D eigenvalue weighted by molar-refractivity contribution is 5.82. The molecular formula is C18H18N2O4. The molecule has 2 unspecified atom stereocenters.